The molecule has 6 nitrogen and oxygen atoms in total. The second-order valence-corrected chi connectivity index (χ2v) is 8.78. The molecular formula is C26H28FN3O3. The zero-order valence-electron chi connectivity index (χ0n) is 18.9. The molecule has 33 heavy (non-hydrogen) atoms. The van der Waals surface area contributed by atoms with Gasteiger partial charge in [0.15, 0.2) is 6.61 Å². The second kappa shape index (κ2) is 9.57. The molecule has 1 atom stereocenters. The SMILES string of the molecule is CC(C)c1ccccc1OCC(=O)N1CCC[C@@H](c2nc3ccc(F)cc3cc2C(N)=O)C1. The fourth-order valence-corrected chi connectivity index (χ4v) is 4.42. The normalized spacial score (nSPS) is 16.2. The summed E-state index contributed by atoms with van der Waals surface area (Å²) in [5.41, 5.74) is 8.11. The Morgan fingerprint density at radius 2 is 2.00 bits per heavy atom. The maximum absolute atomic E-state index is 13.6. The number of para-hydroxylation sites is 1. The number of likely N-dealkylation sites (tertiary alicyclic amines) is 1. The summed E-state index contributed by atoms with van der Waals surface area (Å²) in [5.74, 6) is -0.254. The Hall–Kier alpha value is -3.48. The van der Waals surface area contributed by atoms with Crippen LogP contribution in [0.5, 0.6) is 5.75 Å². The molecule has 2 aromatic carbocycles. The first-order valence-corrected chi connectivity index (χ1v) is 11.2. The summed E-state index contributed by atoms with van der Waals surface area (Å²) >= 11 is 0. The van der Waals surface area contributed by atoms with Gasteiger partial charge in [-0.1, -0.05) is 32.0 Å². The van der Waals surface area contributed by atoms with Crippen LogP contribution in [-0.2, 0) is 4.79 Å². The van der Waals surface area contributed by atoms with Crippen molar-refractivity contribution in [3.63, 3.8) is 0 Å². The van der Waals surface area contributed by atoms with Gasteiger partial charge in [0, 0.05) is 24.4 Å². The first kappa shape index (κ1) is 22.7. The predicted molar refractivity (Wildman–Crippen MR) is 125 cm³/mol. The number of hydrogen-bond donors (Lipinski definition) is 1. The monoisotopic (exact) mass is 449 g/mol. The number of fused-ring (bicyclic) bond motifs is 1. The number of amides is 2. The van der Waals surface area contributed by atoms with Crippen molar-refractivity contribution in [1.29, 1.82) is 0 Å². The number of rotatable bonds is 6. The molecule has 0 unspecified atom stereocenters. The highest BCUT2D eigenvalue weighted by Crippen LogP contribution is 2.31. The van der Waals surface area contributed by atoms with E-state index in [1.54, 1.807) is 17.0 Å². The van der Waals surface area contributed by atoms with E-state index >= 15 is 0 Å². The smallest absolute Gasteiger partial charge is 0.260 e. The van der Waals surface area contributed by atoms with E-state index in [1.807, 2.05) is 24.3 Å². The van der Waals surface area contributed by atoms with E-state index in [1.165, 1.54) is 12.1 Å². The molecule has 3 aromatic rings. The number of carbonyl (C=O) groups is 2. The van der Waals surface area contributed by atoms with Gasteiger partial charge in [-0.15, -0.1) is 0 Å². The summed E-state index contributed by atoms with van der Waals surface area (Å²) < 4.78 is 19.5. The average Bonchev–Trinajstić information content (AvgIpc) is 2.81. The predicted octanol–water partition coefficient (Wildman–Crippen LogP) is 4.38. The van der Waals surface area contributed by atoms with Crippen LogP contribution >= 0.6 is 0 Å². The number of nitrogens with two attached hydrogens (primary N) is 1. The van der Waals surface area contributed by atoms with Gasteiger partial charge in [-0.25, -0.2) is 4.39 Å². The van der Waals surface area contributed by atoms with Crippen LogP contribution in [0.2, 0.25) is 0 Å². The summed E-state index contributed by atoms with van der Waals surface area (Å²) in [4.78, 5) is 31.5. The van der Waals surface area contributed by atoms with E-state index in [4.69, 9.17) is 10.5 Å². The van der Waals surface area contributed by atoms with Crippen molar-refractivity contribution in [1.82, 2.24) is 9.88 Å². The quantitative estimate of drug-likeness (QED) is 0.605. The van der Waals surface area contributed by atoms with Gasteiger partial charge in [-0.2, -0.15) is 0 Å². The number of piperidine rings is 1. The van der Waals surface area contributed by atoms with Gasteiger partial charge in [0.25, 0.3) is 11.8 Å². The Bertz CT molecular complexity index is 1190. The van der Waals surface area contributed by atoms with Crippen LogP contribution in [0.3, 0.4) is 0 Å². The highest BCUT2D eigenvalue weighted by molar-refractivity contribution is 5.98. The third-order valence-electron chi connectivity index (χ3n) is 6.12. The largest absolute Gasteiger partial charge is 0.483 e. The van der Waals surface area contributed by atoms with Crippen LogP contribution in [0.25, 0.3) is 10.9 Å². The molecule has 1 fully saturated rings. The lowest BCUT2D eigenvalue weighted by atomic mass is 9.90. The molecule has 1 aromatic heterocycles. The fraction of sp³-hybridized carbons (Fsp3) is 0.346. The van der Waals surface area contributed by atoms with Gasteiger partial charge in [0.05, 0.1) is 16.8 Å². The number of primary amides is 1. The molecule has 0 saturated carbocycles. The molecule has 0 aliphatic carbocycles. The highest BCUT2D eigenvalue weighted by Gasteiger charge is 2.29. The summed E-state index contributed by atoms with van der Waals surface area (Å²) in [6, 6.07) is 13.6. The standard InChI is InChI=1S/C26H28FN3O3/c1-16(2)20-7-3-4-8-23(20)33-15-24(31)30-11-5-6-17(14-30)25-21(26(28)32)13-18-12-19(27)9-10-22(18)29-25/h3-4,7-10,12-13,16-17H,5-6,11,14-15H2,1-2H3,(H2,28,32)/t17-/m1/s1. The van der Waals surface area contributed by atoms with Crippen molar-refractivity contribution in [2.24, 2.45) is 5.73 Å². The second-order valence-electron chi connectivity index (χ2n) is 8.78. The van der Waals surface area contributed by atoms with Crippen LogP contribution in [-0.4, -0.2) is 41.4 Å². The summed E-state index contributed by atoms with van der Waals surface area (Å²) in [5, 5.41) is 0.522. The van der Waals surface area contributed by atoms with Gasteiger partial charge < -0.3 is 15.4 Å². The zero-order chi connectivity index (χ0) is 23.5. The highest BCUT2D eigenvalue weighted by atomic mass is 19.1. The van der Waals surface area contributed by atoms with Crippen molar-refractivity contribution in [2.75, 3.05) is 19.7 Å². The zero-order valence-corrected chi connectivity index (χ0v) is 18.9. The molecule has 1 saturated heterocycles. The van der Waals surface area contributed by atoms with E-state index < -0.39 is 11.7 Å². The van der Waals surface area contributed by atoms with Crippen molar-refractivity contribution >= 4 is 22.7 Å². The molecule has 1 aliphatic rings. The van der Waals surface area contributed by atoms with E-state index in [0.29, 0.717) is 35.4 Å². The molecular weight excluding hydrogens is 421 g/mol. The Morgan fingerprint density at radius 3 is 2.76 bits per heavy atom. The van der Waals surface area contributed by atoms with Gasteiger partial charge >= 0.3 is 0 Å². The van der Waals surface area contributed by atoms with Crippen molar-refractivity contribution in [3.05, 3.63) is 71.2 Å². The van der Waals surface area contributed by atoms with Gasteiger partial charge in [0.2, 0.25) is 0 Å². The first-order valence-electron chi connectivity index (χ1n) is 11.2. The van der Waals surface area contributed by atoms with Crippen LogP contribution in [0.1, 0.15) is 60.1 Å². The number of pyridine rings is 1. The van der Waals surface area contributed by atoms with Crippen molar-refractivity contribution in [3.8, 4) is 5.75 Å². The third-order valence-corrected chi connectivity index (χ3v) is 6.12. The van der Waals surface area contributed by atoms with Gasteiger partial charge in [-0.05, 0) is 54.7 Å². The van der Waals surface area contributed by atoms with E-state index in [-0.39, 0.29) is 29.9 Å². The Kier molecular flexibility index (Phi) is 6.58. The topological polar surface area (TPSA) is 85.5 Å². The first-order chi connectivity index (χ1) is 15.8. The molecule has 0 radical (unpaired) electrons. The molecule has 2 heterocycles. The van der Waals surface area contributed by atoms with Crippen LogP contribution in [0.4, 0.5) is 4.39 Å². The molecule has 7 heteroatoms. The Labute approximate surface area is 192 Å². The van der Waals surface area contributed by atoms with E-state index in [9.17, 15) is 14.0 Å². The maximum atomic E-state index is 13.6. The summed E-state index contributed by atoms with van der Waals surface area (Å²) in [7, 11) is 0. The number of aromatic nitrogens is 1. The Morgan fingerprint density at radius 1 is 1.21 bits per heavy atom. The minimum Gasteiger partial charge on any atom is -0.483 e. The number of hydrogen-bond acceptors (Lipinski definition) is 4. The maximum Gasteiger partial charge on any atom is 0.260 e. The van der Waals surface area contributed by atoms with Crippen LogP contribution in [0, 0.1) is 5.82 Å². The fourth-order valence-electron chi connectivity index (χ4n) is 4.42. The minimum absolute atomic E-state index is 0.0520. The number of nitrogens with zero attached hydrogens (tertiary/aromatic N) is 2. The molecule has 172 valence electrons. The summed E-state index contributed by atoms with van der Waals surface area (Å²) in [6.45, 7) is 5.16. The van der Waals surface area contributed by atoms with Gasteiger partial charge in [-0.3, -0.25) is 14.6 Å². The molecule has 1 aliphatic heterocycles. The molecule has 0 bridgehead atoms. The average molecular weight is 450 g/mol. The molecule has 2 amide bonds. The summed E-state index contributed by atoms with van der Waals surface area (Å²) in [6.07, 6.45) is 1.56. The van der Waals surface area contributed by atoms with Crippen molar-refractivity contribution in [2.45, 2.75) is 38.5 Å². The Balaban J connectivity index is 1.52. The van der Waals surface area contributed by atoms with E-state index in [2.05, 4.69) is 18.8 Å². The lowest BCUT2D eigenvalue weighted by Gasteiger charge is -2.33. The van der Waals surface area contributed by atoms with Crippen LogP contribution < -0.4 is 10.5 Å². The van der Waals surface area contributed by atoms with Crippen LogP contribution in [0.15, 0.2) is 48.5 Å². The van der Waals surface area contributed by atoms with E-state index in [0.717, 1.165) is 18.4 Å². The lowest BCUT2D eigenvalue weighted by Crippen LogP contribution is -2.42. The van der Waals surface area contributed by atoms with Crippen molar-refractivity contribution < 1.29 is 18.7 Å². The molecule has 2 N–H and O–H groups in total. The minimum atomic E-state index is -0.610. The molecule has 4 rings (SSSR count). The number of carbonyl (C=O) groups excluding carboxylic acids is 2. The number of ether oxygens (including phenoxy) is 1. The third kappa shape index (κ3) is 4.97. The number of halogens is 1. The lowest BCUT2D eigenvalue weighted by molar-refractivity contribution is -0.134. The number of benzene rings is 2. The molecule has 0 spiro atoms. The van der Waals surface area contributed by atoms with Gasteiger partial charge in [0.1, 0.15) is 11.6 Å².